The number of nitrogens with one attached hydrogen (secondary N) is 3. The molecule has 0 bridgehead atoms. The van der Waals surface area contributed by atoms with Crippen LogP contribution in [-0.4, -0.2) is 162 Å². The molecule has 5 aliphatic rings. The molecule has 17 nitrogen and oxygen atoms in total. The van der Waals surface area contributed by atoms with Gasteiger partial charge in [-0.2, -0.15) is 13.2 Å². The number of anilines is 2. The number of carbonyl (C=O) groups excluding carboxylic acids is 4. The number of hydrogen-bond acceptors (Lipinski definition) is 15. The number of hydrogen-bond donors (Lipinski definition) is 3. The monoisotopic (exact) mass is 1270 g/mol. The number of sulfonamides is 1. The minimum atomic E-state index is -6.14. The van der Waals surface area contributed by atoms with Crippen LogP contribution in [0.3, 0.4) is 0 Å². The molecule has 5 aromatic carbocycles. The smallest absolute Gasteiger partial charge is 0.493 e. The topological polar surface area (TPSA) is 198 Å². The Labute approximate surface area is 516 Å². The minimum absolute atomic E-state index is 0.0235. The highest BCUT2D eigenvalue weighted by Crippen LogP contribution is 2.43. The van der Waals surface area contributed by atoms with E-state index in [1.165, 1.54) is 45.5 Å². The molecule has 10 rings (SSSR count). The SMILES string of the molecule is CC1(C)CCC(c2ccc(Cl)cc2)=C(CN2CCN(c3ccc(C(=O)NS(=O)(=O)c4ccc(N[C@H](CCN5CCN(CCCOc6cccc7c6CN(C6CCC(=O)NC6=O)C7=O)CC5)CSc5ccccc5)c(S(=O)(=O)C(F)(F)F)c4)cc3)CC2)C1. The third-order valence-corrected chi connectivity index (χ3v) is 21.2. The predicted molar refractivity (Wildman–Crippen MR) is 330 cm³/mol. The number of piperidine rings is 1. The van der Waals surface area contributed by atoms with Gasteiger partial charge in [0.15, 0.2) is 0 Å². The maximum atomic E-state index is 14.5. The Kier molecular flexibility index (Phi) is 19.8. The number of amides is 4. The van der Waals surface area contributed by atoms with E-state index in [1.54, 1.807) is 30.3 Å². The number of imide groups is 1. The summed E-state index contributed by atoms with van der Waals surface area (Å²) in [5.74, 6) is -1.27. The summed E-state index contributed by atoms with van der Waals surface area (Å²) in [5.41, 5.74) is -0.0215. The molecule has 0 spiro atoms. The summed E-state index contributed by atoms with van der Waals surface area (Å²) < 4.78 is 106. The first kappa shape index (κ1) is 63.5. The molecule has 464 valence electrons. The maximum Gasteiger partial charge on any atom is 0.501 e. The second kappa shape index (κ2) is 27.1. The van der Waals surface area contributed by atoms with E-state index in [-0.39, 0.29) is 42.2 Å². The van der Waals surface area contributed by atoms with E-state index >= 15 is 0 Å². The van der Waals surface area contributed by atoms with Crippen LogP contribution in [0.4, 0.5) is 24.5 Å². The van der Waals surface area contributed by atoms with Crippen molar-refractivity contribution in [2.75, 3.05) is 94.6 Å². The van der Waals surface area contributed by atoms with Crippen LogP contribution in [0.1, 0.15) is 90.6 Å². The number of halogens is 4. The summed E-state index contributed by atoms with van der Waals surface area (Å²) in [6, 6.07) is 30.1. The van der Waals surface area contributed by atoms with E-state index < -0.39 is 64.7 Å². The Balaban J connectivity index is 0.738. The van der Waals surface area contributed by atoms with E-state index in [4.69, 9.17) is 16.3 Å². The first-order valence-electron chi connectivity index (χ1n) is 29.4. The van der Waals surface area contributed by atoms with Crippen LogP contribution >= 0.6 is 23.4 Å². The first-order valence-corrected chi connectivity index (χ1v) is 33.7. The third-order valence-electron chi connectivity index (χ3n) is 17.0. The van der Waals surface area contributed by atoms with Crippen LogP contribution in [0.5, 0.6) is 5.75 Å². The zero-order valence-electron chi connectivity index (χ0n) is 48.6. The van der Waals surface area contributed by atoms with Crippen LogP contribution < -0.4 is 25.0 Å². The van der Waals surface area contributed by atoms with E-state index in [2.05, 4.69) is 56.2 Å². The van der Waals surface area contributed by atoms with E-state index in [0.717, 1.165) is 81.2 Å². The van der Waals surface area contributed by atoms with Crippen molar-refractivity contribution < 1.29 is 53.9 Å². The largest absolute Gasteiger partial charge is 0.501 e. The molecule has 0 saturated carbocycles. The van der Waals surface area contributed by atoms with Crippen molar-refractivity contribution >= 4 is 83.8 Å². The van der Waals surface area contributed by atoms with Crippen LogP contribution in [0, 0.1) is 5.41 Å². The molecule has 3 saturated heterocycles. The van der Waals surface area contributed by atoms with Crippen molar-refractivity contribution in [1.29, 1.82) is 0 Å². The van der Waals surface area contributed by atoms with E-state index in [9.17, 15) is 49.2 Å². The van der Waals surface area contributed by atoms with Gasteiger partial charge >= 0.3 is 5.51 Å². The average molecular weight is 1270 g/mol. The highest BCUT2D eigenvalue weighted by atomic mass is 35.5. The van der Waals surface area contributed by atoms with Gasteiger partial charge < -0.3 is 29.7 Å². The minimum Gasteiger partial charge on any atom is -0.493 e. The number of rotatable bonds is 22. The second-order valence-electron chi connectivity index (χ2n) is 23.6. The molecule has 0 aromatic heterocycles. The predicted octanol–water partition coefficient (Wildman–Crippen LogP) is 9.35. The first-order chi connectivity index (χ1) is 41.5. The molecule has 3 N–H and O–H groups in total. The molecule has 87 heavy (non-hydrogen) atoms. The Bertz CT molecular complexity index is 3600. The van der Waals surface area contributed by atoms with Crippen LogP contribution in [-0.2, 0) is 36.0 Å². The van der Waals surface area contributed by atoms with Crippen LogP contribution in [0.2, 0.25) is 5.02 Å². The summed E-state index contributed by atoms with van der Waals surface area (Å²) in [5, 5.41) is 6.07. The lowest BCUT2D eigenvalue weighted by atomic mass is 9.73. The van der Waals surface area contributed by atoms with E-state index in [1.807, 2.05) is 47.2 Å². The molecule has 24 heteroatoms. The third kappa shape index (κ3) is 15.5. The second-order valence-corrected chi connectivity index (χ2v) is 28.7. The maximum absolute atomic E-state index is 14.5. The summed E-state index contributed by atoms with van der Waals surface area (Å²) >= 11 is 7.65. The summed E-state index contributed by atoms with van der Waals surface area (Å²) in [6.07, 6.45) is 4.60. The lowest BCUT2D eigenvalue weighted by molar-refractivity contribution is -0.136. The van der Waals surface area contributed by atoms with Gasteiger partial charge in [-0.25, -0.2) is 21.6 Å². The number of sulfone groups is 1. The van der Waals surface area contributed by atoms with Gasteiger partial charge in [0.05, 0.1) is 23.7 Å². The average Bonchev–Trinajstić information content (AvgIpc) is 1.95. The zero-order chi connectivity index (χ0) is 61.7. The van der Waals surface area contributed by atoms with Crippen LogP contribution in [0.25, 0.3) is 5.57 Å². The van der Waals surface area contributed by atoms with Crippen LogP contribution in [0.15, 0.2) is 136 Å². The van der Waals surface area contributed by atoms with Crippen molar-refractivity contribution in [3.8, 4) is 5.75 Å². The van der Waals surface area contributed by atoms with Gasteiger partial charge in [-0.3, -0.25) is 29.4 Å². The Morgan fingerprint density at radius 1 is 0.816 bits per heavy atom. The molecule has 5 aromatic rings. The number of nitrogens with zero attached hydrogens (tertiary/aromatic N) is 5. The van der Waals surface area contributed by atoms with Gasteiger partial charge in [0, 0.05) is 123 Å². The summed E-state index contributed by atoms with van der Waals surface area (Å²) in [6.45, 7) is 13.2. The van der Waals surface area contributed by atoms with Gasteiger partial charge in [0.25, 0.3) is 31.7 Å². The number of alkyl halides is 3. The number of allylic oxidation sites excluding steroid dienone is 1. The summed E-state index contributed by atoms with van der Waals surface area (Å²) in [4.78, 5) is 60.5. The summed E-state index contributed by atoms with van der Waals surface area (Å²) in [7, 11) is -11.0. The fourth-order valence-electron chi connectivity index (χ4n) is 12.1. The Morgan fingerprint density at radius 2 is 1.51 bits per heavy atom. The van der Waals surface area contributed by atoms with Crippen molar-refractivity contribution in [1.82, 2.24) is 29.6 Å². The number of fused-ring (bicyclic) bond motifs is 1. The molecule has 1 aliphatic carbocycles. The number of ether oxygens (including phenoxy) is 1. The van der Waals surface area contributed by atoms with Gasteiger partial charge in [-0.1, -0.05) is 67.4 Å². The molecule has 2 atom stereocenters. The Hall–Kier alpha value is -6.47. The fourth-order valence-corrected chi connectivity index (χ4v) is 15.2. The number of carbonyl (C=O) groups is 4. The normalized spacial score (nSPS) is 19.4. The molecule has 4 heterocycles. The van der Waals surface area contributed by atoms with Gasteiger partial charge in [-0.15, -0.1) is 11.8 Å². The Morgan fingerprint density at radius 3 is 2.20 bits per heavy atom. The zero-order valence-corrected chi connectivity index (χ0v) is 51.8. The van der Waals surface area contributed by atoms with Gasteiger partial charge in [0.1, 0.15) is 16.7 Å². The molecule has 4 amide bonds. The highest BCUT2D eigenvalue weighted by Gasteiger charge is 2.49. The lowest BCUT2D eigenvalue weighted by Crippen LogP contribution is -2.52. The van der Waals surface area contributed by atoms with Gasteiger partial charge in [-0.05, 0) is 134 Å². The van der Waals surface area contributed by atoms with E-state index in [0.29, 0.717) is 85.9 Å². The van der Waals surface area contributed by atoms with Gasteiger partial charge in [0.2, 0.25) is 11.8 Å². The highest BCUT2D eigenvalue weighted by molar-refractivity contribution is 7.99. The van der Waals surface area contributed by atoms with Crippen molar-refractivity contribution in [3.63, 3.8) is 0 Å². The fraction of sp³-hybridized carbons (Fsp3) is 0.429. The van der Waals surface area contributed by atoms with Crippen molar-refractivity contribution in [2.24, 2.45) is 5.41 Å². The standard InChI is InChI=1S/C63H72ClF3N8O9S3/c1-62(2)26-24-51(43-12-16-46(64)17-13-43)45(39-62)40-73-33-35-74(36-34-73)48-18-14-44(15-19-48)59(77)70-87(82,83)50-20-21-54(57(38-50)86(80,81)63(65,66)67)68-47(42-85-49-8-4-3-5-9-49)25-28-72-31-29-71(30-32-72)27-7-37-84-56-11-6-10-52-53(56)41-75(61(52)79)55-22-23-58(76)69-60(55)78/h3-6,8-21,38,47,55,68H,7,22-37,39-42H2,1-2H3,(H,70,77)(H,69,76,78)/t47-,55?/m1/s1. The lowest BCUT2D eigenvalue weighted by Gasteiger charge is -2.39. The number of piperazine rings is 2. The van der Waals surface area contributed by atoms with Crippen molar-refractivity contribution in [2.45, 2.75) is 97.6 Å². The quantitative estimate of drug-likeness (QED) is 0.0336. The molecular weight excluding hydrogens is 1200 g/mol. The molecule has 4 aliphatic heterocycles. The number of thioether (sulfide) groups is 1. The molecule has 0 radical (unpaired) electrons. The van der Waals surface area contributed by atoms with Crippen molar-refractivity contribution in [3.05, 3.63) is 148 Å². The molecule has 1 unspecified atom stereocenters. The number of benzene rings is 5. The molecular formula is C63H72ClF3N8O9S3. The molecule has 3 fully saturated rings.